The lowest BCUT2D eigenvalue weighted by atomic mass is 9.80. The molecule has 0 aliphatic carbocycles. The Hall–Kier alpha value is -10.9. The summed E-state index contributed by atoms with van der Waals surface area (Å²) in [5, 5.41) is 32.1. The smallest absolute Gasteiger partial charge is 0.219 e. The standard InChI is InChI=1S/C77H66N4O7/c1-48-29-36-55(58(40-48)74(82)50-21-13-12-14-22-50)51-30-37-57(70(41-51)83-52-31-33-53(34-32-52)85-73-28-15-16-39-81-73)56-23-18-25-66(60(56)46-79)87-71-43-64(77(9,10)11)72(44-63(71)76(6,7)8)88-68-27-19-26-67(61(68)47-80)84-54-35-38-69(62(42-54)75(3,4)5)86-65-24-17-20-49(2)59(65)45-78/h12-44H,1-11H3. The van der Waals surface area contributed by atoms with Crippen LogP contribution in [0.25, 0.3) is 22.3 Å². The third-order valence-corrected chi connectivity index (χ3v) is 14.9. The molecule has 0 amide bonds. The highest BCUT2D eigenvalue weighted by Gasteiger charge is 2.30. The van der Waals surface area contributed by atoms with Crippen molar-refractivity contribution in [1.82, 2.24) is 4.98 Å². The van der Waals surface area contributed by atoms with Crippen LogP contribution in [0.2, 0.25) is 0 Å². The molecule has 0 atom stereocenters. The number of carbonyl (C=O) groups excluding carboxylic acids is 1. The van der Waals surface area contributed by atoms with Crippen LogP contribution in [0.1, 0.15) is 123 Å². The van der Waals surface area contributed by atoms with Gasteiger partial charge in [-0.25, -0.2) is 4.98 Å². The van der Waals surface area contributed by atoms with Gasteiger partial charge in [0.05, 0.1) is 5.56 Å². The number of benzene rings is 9. The van der Waals surface area contributed by atoms with E-state index in [-0.39, 0.29) is 22.7 Å². The van der Waals surface area contributed by atoms with Crippen LogP contribution >= 0.6 is 0 Å². The Morgan fingerprint density at radius 3 is 1.50 bits per heavy atom. The molecule has 88 heavy (non-hydrogen) atoms. The lowest BCUT2D eigenvalue weighted by Gasteiger charge is -2.29. The van der Waals surface area contributed by atoms with E-state index < -0.39 is 16.2 Å². The summed E-state index contributed by atoms with van der Waals surface area (Å²) >= 11 is 0. The first kappa shape index (κ1) is 60.2. The van der Waals surface area contributed by atoms with Gasteiger partial charge in [0.15, 0.2) is 5.78 Å². The van der Waals surface area contributed by atoms with Crippen molar-refractivity contribution in [2.45, 2.75) is 92.4 Å². The molecule has 11 heteroatoms. The highest BCUT2D eigenvalue weighted by molar-refractivity contribution is 6.13. The van der Waals surface area contributed by atoms with E-state index >= 15 is 0 Å². The van der Waals surface area contributed by atoms with E-state index in [0.717, 1.165) is 33.4 Å². The summed E-state index contributed by atoms with van der Waals surface area (Å²) in [6, 6.07) is 66.3. The molecule has 1 heterocycles. The topological polar surface area (TPSA) is 157 Å². The normalized spacial score (nSPS) is 11.4. The average molecular weight is 1160 g/mol. The molecule has 0 aliphatic rings. The number of hydrogen-bond donors (Lipinski definition) is 0. The predicted molar refractivity (Wildman–Crippen MR) is 344 cm³/mol. The molecule has 1 aromatic heterocycles. The van der Waals surface area contributed by atoms with Crippen LogP contribution in [0.15, 0.2) is 200 Å². The quantitative estimate of drug-likeness (QED) is 0.0848. The van der Waals surface area contributed by atoms with Crippen LogP contribution < -0.4 is 28.4 Å². The average Bonchev–Trinajstić information content (AvgIpc) is 1.87. The molecular formula is C77H66N4O7. The Balaban J connectivity index is 1.01. The van der Waals surface area contributed by atoms with Crippen LogP contribution in [-0.2, 0) is 16.2 Å². The van der Waals surface area contributed by atoms with Gasteiger partial charge in [-0.15, -0.1) is 0 Å². The third-order valence-electron chi connectivity index (χ3n) is 14.9. The molecule has 0 radical (unpaired) electrons. The fraction of sp³-hybridized carbons (Fsp3) is 0.182. The van der Waals surface area contributed by atoms with Crippen LogP contribution in [0.4, 0.5) is 0 Å². The van der Waals surface area contributed by atoms with Gasteiger partial charge in [0.25, 0.3) is 0 Å². The second-order valence-corrected chi connectivity index (χ2v) is 24.6. The second kappa shape index (κ2) is 25.0. The van der Waals surface area contributed by atoms with Crippen molar-refractivity contribution in [3.63, 3.8) is 0 Å². The fourth-order valence-corrected chi connectivity index (χ4v) is 10.3. The number of nitriles is 3. The van der Waals surface area contributed by atoms with Crippen molar-refractivity contribution >= 4 is 5.78 Å². The summed E-state index contributed by atoms with van der Waals surface area (Å²) in [5.41, 5.74) is 7.33. The van der Waals surface area contributed by atoms with Crippen LogP contribution in [0.3, 0.4) is 0 Å². The molecule has 10 rings (SSSR count). The zero-order valence-corrected chi connectivity index (χ0v) is 51.2. The van der Waals surface area contributed by atoms with Crippen molar-refractivity contribution in [2.75, 3.05) is 0 Å². The first-order valence-corrected chi connectivity index (χ1v) is 28.9. The zero-order valence-electron chi connectivity index (χ0n) is 51.2. The maximum atomic E-state index is 14.2. The number of hydrogen-bond acceptors (Lipinski definition) is 11. The number of ether oxygens (including phenoxy) is 6. The molecule has 0 aliphatic heterocycles. The molecule has 11 nitrogen and oxygen atoms in total. The Morgan fingerprint density at radius 1 is 0.386 bits per heavy atom. The van der Waals surface area contributed by atoms with Crippen LogP contribution in [-0.4, -0.2) is 10.8 Å². The number of aryl methyl sites for hydroxylation is 2. The largest absolute Gasteiger partial charge is 0.457 e. The van der Waals surface area contributed by atoms with Gasteiger partial charge in [0, 0.05) is 51.2 Å². The summed E-state index contributed by atoms with van der Waals surface area (Å²) in [7, 11) is 0. The Bertz CT molecular complexity index is 4400. The number of nitrogens with zero attached hydrogens (tertiary/aromatic N) is 4. The minimum Gasteiger partial charge on any atom is -0.457 e. The van der Waals surface area contributed by atoms with E-state index in [2.05, 4.69) is 85.5 Å². The SMILES string of the molecule is Cc1ccc(-c2ccc(-c3cccc(Oc4cc(C(C)(C)C)c(Oc5cccc(Oc6ccc(Oc7cccc(C)c7C#N)c(C(C)(C)C)c6)c5C#N)cc4C(C)(C)C)c3C#N)c(Oc3ccc(Oc4ccccn4)cc3)c2)c(C(=O)c2ccccc2)c1. The van der Waals surface area contributed by atoms with Gasteiger partial charge in [-0.05, 0) is 150 Å². The van der Waals surface area contributed by atoms with Gasteiger partial charge in [-0.3, -0.25) is 4.79 Å². The fourth-order valence-electron chi connectivity index (χ4n) is 10.3. The van der Waals surface area contributed by atoms with Crippen molar-refractivity contribution in [2.24, 2.45) is 0 Å². The zero-order chi connectivity index (χ0) is 62.5. The molecule has 0 bridgehead atoms. The summed E-state index contributed by atoms with van der Waals surface area (Å²) in [4.78, 5) is 18.5. The summed E-state index contributed by atoms with van der Waals surface area (Å²) < 4.78 is 39.7. The van der Waals surface area contributed by atoms with E-state index in [1.54, 1.807) is 72.9 Å². The Kier molecular flexibility index (Phi) is 17.1. The number of aromatic nitrogens is 1. The van der Waals surface area contributed by atoms with Gasteiger partial charge in [0.2, 0.25) is 5.88 Å². The van der Waals surface area contributed by atoms with E-state index in [0.29, 0.717) is 96.8 Å². The van der Waals surface area contributed by atoms with Crippen LogP contribution in [0.5, 0.6) is 69.1 Å². The number of rotatable bonds is 16. The van der Waals surface area contributed by atoms with Gasteiger partial charge >= 0.3 is 0 Å². The predicted octanol–water partition coefficient (Wildman–Crippen LogP) is 20.5. The molecule has 0 saturated carbocycles. The first-order chi connectivity index (χ1) is 42.1. The van der Waals surface area contributed by atoms with Crippen LogP contribution in [0, 0.1) is 47.8 Å². The van der Waals surface area contributed by atoms with E-state index in [9.17, 15) is 20.6 Å². The summed E-state index contributed by atoms with van der Waals surface area (Å²) in [6.07, 6.45) is 1.66. The van der Waals surface area contributed by atoms with E-state index in [1.165, 1.54) is 0 Å². The lowest BCUT2D eigenvalue weighted by Crippen LogP contribution is -2.17. The highest BCUT2D eigenvalue weighted by Crippen LogP contribution is 2.48. The number of ketones is 1. The maximum absolute atomic E-state index is 14.2. The minimum absolute atomic E-state index is 0.113. The molecule has 9 aromatic carbocycles. The van der Waals surface area contributed by atoms with Gasteiger partial charge in [-0.2, -0.15) is 15.8 Å². The molecule has 10 aromatic rings. The first-order valence-electron chi connectivity index (χ1n) is 28.9. The second-order valence-electron chi connectivity index (χ2n) is 24.6. The summed E-state index contributed by atoms with van der Waals surface area (Å²) in [6.45, 7) is 22.5. The lowest BCUT2D eigenvalue weighted by molar-refractivity contribution is 0.103. The molecule has 0 N–H and O–H groups in total. The monoisotopic (exact) mass is 1160 g/mol. The number of pyridine rings is 1. The molecule has 0 fully saturated rings. The van der Waals surface area contributed by atoms with Gasteiger partial charge in [0.1, 0.15) is 92.6 Å². The molecule has 0 spiro atoms. The minimum atomic E-state index is -0.529. The summed E-state index contributed by atoms with van der Waals surface area (Å²) in [5.74, 6) is 5.26. The molecule has 436 valence electrons. The highest BCUT2D eigenvalue weighted by atomic mass is 16.5. The Labute approximate surface area is 515 Å². The van der Waals surface area contributed by atoms with Crippen molar-refractivity contribution in [3.05, 3.63) is 256 Å². The van der Waals surface area contributed by atoms with Crippen molar-refractivity contribution in [3.8, 4) is 110 Å². The van der Waals surface area contributed by atoms with Gasteiger partial charge < -0.3 is 28.4 Å². The molecule has 0 unspecified atom stereocenters. The van der Waals surface area contributed by atoms with Crippen molar-refractivity contribution < 1.29 is 33.2 Å². The maximum Gasteiger partial charge on any atom is 0.219 e. The molecule has 0 saturated heterocycles. The third kappa shape index (κ3) is 13.3. The Morgan fingerprint density at radius 2 is 0.898 bits per heavy atom. The van der Waals surface area contributed by atoms with Gasteiger partial charge in [-0.1, -0.05) is 153 Å². The molecular weight excluding hydrogens is 1090 g/mol. The van der Waals surface area contributed by atoms with E-state index in [4.69, 9.17) is 28.4 Å². The van der Waals surface area contributed by atoms with Crippen molar-refractivity contribution in [1.29, 1.82) is 15.8 Å². The number of carbonyl (C=O) groups is 1. The van der Waals surface area contributed by atoms with E-state index in [1.807, 2.05) is 141 Å².